The van der Waals surface area contributed by atoms with E-state index in [-0.39, 0.29) is 24.3 Å². The van der Waals surface area contributed by atoms with Crippen LogP contribution in [0, 0.1) is 17.8 Å². The zero-order valence-corrected chi connectivity index (χ0v) is 12.3. The molecule has 0 saturated heterocycles. The molecular weight excluding hydrogens is 254 g/mol. The molecule has 2 N–H and O–H groups in total. The molecule has 1 amide bonds. The quantitative estimate of drug-likeness (QED) is 0.804. The Balaban J connectivity index is 2.56. The fourth-order valence-electron chi connectivity index (χ4n) is 1.83. The molecule has 0 bridgehead atoms. The van der Waals surface area contributed by atoms with Crippen molar-refractivity contribution in [1.82, 2.24) is 5.32 Å². The van der Waals surface area contributed by atoms with Gasteiger partial charge in [-0.2, -0.15) is 0 Å². The molecule has 4 heteroatoms. The number of carboxylic acid groups (broad SMARTS) is 1. The first-order valence-electron chi connectivity index (χ1n) is 6.96. The summed E-state index contributed by atoms with van der Waals surface area (Å²) in [6.07, 6.45) is 0.423. The predicted molar refractivity (Wildman–Crippen MR) is 78.3 cm³/mol. The summed E-state index contributed by atoms with van der Waals surface area (Å²) in [5, 5.41) is 12.0. The number of amides is 1. The fraction of sp³-hybridized carbons (Fsp3) is 0.500. The molecule has 110 valence electrons. The number of hydrogen-bond donors (Lipinski definition) is 2. The third-order valence-electron chi connectivity index (χ3n) is 3.61. The van der Waals surface area contributed by atoms with Crippen LogP contribution < -0.4 is 5.32 Å². The standard InChI is InChI=1S/C16H23NO3/c1-11(2)12(3)15(18)17-10-14(16(19)20)9-13-7-5-4-6-8-13/h4-8,11-12,14H,9-10H2,1-3H3,(H,17,18)(H,19,20). The van der Waals surface area contributed by atoms with Crippen molar-refractivity contribution in [3.63, 3.8) is 0 Å². The molecule has 0 aliphatic carbocycles. The average molecular weight is 277 g/mol. The Morgan fingerprint density at radius 2 is 1.75 bits per heavy atom. The lowest BCUT2D eigenvalue weighted by Gasteiger charge is -2.18. The molecular formula is C16H23NO3. The zero-order valence-electron chi connectivity index (χ0n) is 12.3. The normalized spacial score (nSPS) is 13.8. The summed E-state index contributed by atoms with van der Waals surface area (Å²) in [5.41, 5.74) is 0.964. The summed E-state index contributed by atoms with van der Waals surface area (Å²) in [6, 6.07) is 9.45. The smallest absolute Gasteiger partial charge is 0.308 e. The van der Waals surface area contributed by atoms with E-state index in [1.807, 2.05) is 51.1 Å². The van der Waals surface area contributed by atoms with E-state index in [1.54, 1.807) is 0 Å². The Morgan fingerprint density at radius 1 is 1.15 bits per heavy atom. The highest BCUT2D eigenvalue weighted by Gasteiger charge is 2.21. The van der Waals surface area contributed by atoms with Gasteiger partial charge < -0.3 is 10.4 Å². The highest BCUT2D eigenvalue weighted by Crippen LogP contribution is 2.11. The lowest BCUT2D eigenvalue weighted by atomic mass is 9.96. The second kappa shape index (κ2) is 7.68. The van der Waals surface area contributed by atoms with Crippen LogP contribution >= 0.6 is 0 Å². The molecule has 0 aromatic heterocycles. The SMILES string of the molecule is CC(C)C(C)C(=O)NCC(Cc1ccccc1)C(=O)O. The predicted octanol–water partition coefficient (Wildman–Crippen LogP) is 2.34. The van der Waals surface area contributed by atoms with Gasteiger partial charge >= 0.3 is 5.97 Å². The lowest BCUT2D eigenvalue weighted by molar-refractivity contribution is -0.141. The van der Waals surface area contributed by atoms with Gasteiger partial charge in [0.2, 0.25) is 5.91 Å². The molecule has 1 aromatic rings. The zero-order chi connectivity index (χ0) is 15.1. The van der Waals surface area contributed by atoms with Crippen LogP contribution in [0.15, 0.2) is 30.3 Å². The molecule has 0 spiro atoms. The van der Waals surface area contributed by atoms with Crippen molar-refractivity contribution in [2.24, 2.45) is 17.8 Å². The first kappa shape index (κ1) is 16.2. The third-order valence-corrected chi connectivity index (χ3v) is 3.61. The topological polar surface area (TPSA) is 66.4 Å². The van der Waals surface area contributed by atoms with Gasteiger partial charge in [0, 0.05) is 12.5 Å². The van der Waals surface area contributed by atoms with Gasteiger partial charge in [0.15, 0.2) is 0 Å². The molecule has 1 aromatic carbocycles. The second-order valence-corrected chi connectivity index (χ2v) is 5.50. The van der Waals surface area contributed by atoms with E-state index in [9.17, 15) is 14.7 Å². The molecule has 0 heterocycles. The van der Waals surface area contributed by atoms with Crippen molar-refractivity contribution in [2.45, 2.75) is 27.2 Å². The van der Waals surface area contributed by atoms with E-state index in [4.69, 9.17) is 0 Å². The minimum atomic E-state index is -0.883. The Morgan fingerprint density at radius 3 is 2.25 bits per heavy atom. The van der Waals surface area contributed by atoms with Crippen LogP contribution in [0.1, 0.15) is 26.3 Å². The number of rotatable bonds is 7. The van der Waals surface area contributed by atoms with Crippen molar-refractivity contribution in [3.05, 3.63) is 35.9 Å². The highest BCUT2D eigenvalue weighted by atomic mass is 16.4. The number of nitrogens with one attached hydrogen (secondary N) is 1. The number of carboxylic acids is 1. The van der Waals surface area contributed by atoms with E-state index < -0.39 is 11.9 Å². The van der Waals surface area contributed by atoms with Gasteiger partial charge in [-0.3, -0.25) is 9.59 Å². The van der Waals surface area contributed by atoms with E-state index >= 15 is 0 Å². The Hall–Kier alpha value is -1.84. The van der Waals surface area contributed by atoms with Crippen molar-refractivity contribution in [1.29, 1.82) is 0 Å². The maximum absolute atomic E-state index is 11.9. The van der Waals surface area contributed by atoms with Gasteiger partial charge in [-0.25, -0.2) is 0 Å². The maximum Gasteiger partial charge on any atom is 0.308 e. The maximum atomic E-state index is 11.9. The Labute approximate surface area is 120 Å². The molecule has 2 atom stereocenters. The number of hydrogen-bond acceptors (Lipinski definition) is 2. The van der Waals surface area contributed by atoms with Gasteiger partial charge in [0.25, 0.3) is 0 Å². The summed E-state index contributed by atoms with van der Waals surface area (Å²) in [7, 11) is 0. The average Bonchev–Trinajstić information content (AvgIpc) is 2.42. The Kier molecular flexibility index (Phi) is 6.22. The summed E-state index contributed by atoms with van der Waals surface area (Å²) >= 11 is 0. The summed E-state index contributed by atoms with van der Waals surface area (Å²) in [6.45, 7) is 5.97. The van der Waals surface area contributed by atoms with Gasteiger partial charge in [-0.05, 0) is 17.9 Å². The molecule has 0 saturated carbocycles. The van der Waals surface area contributed by atoms with Crippen molar-refractivity contribution < 1.29 is 14.7 Å². The van der Waals surface area contributed by atoms with Crippen molar-refractivity contribution >= 4 is 11.9 Å². The molecule has 0 radical (unpaired) electrons. The number of carbonyl (C=O) groups is 2. The van der Waals surface area contributed by atoms with Crippen LogP contribution in [0.3, 0.4) is 0 Å². The second-order valence-electron chi connectivity index (χ2n) is 5.50. The van der Waals surface area contributed by atoms with Crippen LogP contribution in [0.5, 0.6) is 0 Å². The van der Waals surface area contributed by atoms with Crippen LogP contribution in [0.2, 0.25) is 0 Å². The lowest BCUT2D eigenvalue weighted by Crippen LogP contribution is -2.38. The van der Waals surface area contributed by atoms with Crippen molar-refractivity contribution in [3.8, 4) is 0 Å². The third kappa shape index (κ3) is 5.03. The number of aliphatic carboxylic acids is 1. The highest BCUT2D eigenvalue weighted by molar-refractivity contribution is 5.79. The molecule has 1 rings (SSSR count). The first-order valence-corrected chi connectivity index (χ1v) is 6.96. The summed E-state index contributed by atoms with van der Waals surface area (Å²) < 4.78 is 0. The minimum Gasteiger partial charge on any atom is -0.481 e. The molecule has 0 aliphatic heterocycles. The van der Waals surface area contributed by atoms with Gasteiger partial charge in [0.1, 0.15) is 0 Å². The van der Waals surface area contributed by atoms with Crippen LogP contribution in [-0.2, 0) is 16.0 Å². The molecule has 2 unspecified atom stereocenters. The van der Waals surface area contributed by atoms with Crippen LogP contribution in [-0.4, -0.2) is 23.5 Å². The van der Waals surface area contributed by atoms with E-state index in [0.29, 0.717) is 6.42 Å². The molecule has 0 aliphatic rings. The van der Waals surface area contributed by atoms with Crippen LogP contribution in [0.4, 0.5) is 0 Å². The number of carbonyl (C=O) groups excluding carboxylic acids is 1. The summed E-state index contributed by atoms with van der Waals surface area (Å²) in [5.74, 6) is -1.43. The number of benzene rings is 1. The first-order chi connectivity index (χ1) is 9.41. The Bertz CT molecular complexity index is 442. The molecule has 4 nitrogen and oxygen atoms in total. The van der Waals surface area contributed by atoms with Gasteiger partial charge in [0.05, 0.1) is 5.92 Å². The fourth-order valence-corrected chi connectivity index (χ4v) is 1.83. The largest absolute Gasteiger partial charge is 0.481 e. The summed E-state index contributed by atoms with van der Waals surface area (Å²) in [4.78, 5) is 23.1. The van der Waals surface area contributed by atoms with Crippen LogP contribution in [0.25, 0.3) is 0 Å². The molecule has 0 fully saturated rings. The van der Waals surface area contributed by atoms with E-state index in [2.05, 4.69) is 5.32 Å². The minimum absolute atomic E-state index is 0.0840. The monoisotopic (exact) mass is 277 g/mol. The van der Waals surface area contributed by atoms with Gasteiger partial charge in [-0.15, -0.1) is 0 Å². The molecule has 20 heavy (non-hydrogen) atoms. The van der Waals surface area contributed by atoms with E-state index in [1.165, 1.54) is 0 Å². The van der Waals surface area contributed by atoms with Gasteiger partial charge in [-0.1, -0.05) is 51.1 Å². The van der Waals surface area contributed by atoms with Crippen molar-refractivity contribution in [2.75, 3.05) is 6.54 Å². The van der Waals surface area contributed by atoms with E-state index in [0.717, 1.165) is 5.56 Å².